The lowest BCUT2D eigenvalue weighted by molar-refractivity contribution is 0.0827. The van der Waals surface area contributed by atoms with Crippen LogP contribution in [-0.4, -0.2) is 61.2 Å². The lowest BCUT2D eigenvalue weighted by Crippen LogP contribution is -2.55. The topological polar surface area (TPSA) is 18.5 Å². The summed E-state index contributed by atoms with van der Waals surface area (Å²) in [5, 5.41) is 3.61. The minimum absolute atomic E-state index is 0.734. The maximum atomic E-state index is 3.61. The quantitative estimate of drug-likeness (QED) is 0.803. The second kappa shape index (κ2) is 6.72. The third-order valence-electron chi connectivity index (χ3n) is 4.39. The van der Waals surface area contributed by atoms with Crippen molar-refractivity contribution < 1.29 is 0 Å². The molecule has 1 unspecified atom stereocenters. The number of nitrogens with zero attached hydrogens (tertiary/aromatic N) is 2. The molecule has 1 atom stereocenters. The molecule has 0 radical (unpaired) electrons. The van der Waals surface area contributed by atoms with E-state index >= 15 is 0 Å². The molecule has 0 aliphatic carbocycles. The van der Waals surface area contributed by atoms with Crippen molar-refractivity contribution in [3.8, 4) is 0 Å². The molecule has 2 saturated heterocycles. The zero-order valence-electron chi connectivity index (χ0n) is 11.6. The molecule has 100 valence electrons. The molecule has 2 aliphatic rings. The van der Waals surface area contributed by atoms with Crippen molar-refractivity contribution in [2.45, 2.75) is 51.6 Å². The highest BCUT2D eigenvalue weighted by Gasteiger charge is 2.27. The standard InChI is InChI=1S/C14H29N3/c1-3-8-16-9-5-14(6-10-16)17-11-7-15-13(4-2)12-17/h13-15H,3-12H2,1-2H3. The van der Waals surface area contributed by atoms with Crippen LogP contribution >= 0.6 is 0 Å². The van der Waals surface area contributed by atoms with Gasteiger partial charge in [-0.25, -0.2) is 0 Å². The van der Waals surface area contributed by atoms with Gasteiger partial charge in [-0.2, -0.15) is 0 Å². The Morgan fingerprint density at radius 3 is 2.53 bits per heavy atom. The van der Waals surface area contributed by atoms with Crippen LogP contribution in [0.4, 0.5) is 0 Å². The van der Waals surface area contributed by atoms with Crippen LogP contribution in [0.5, 0.6) is 0 Å². The van der Waals surface area contributed by atoms with Gasteiger partial charge in [-0.05, 0) is 45.3 Å². The molecule has 0 aromatic heterocycles. The van der Waals surface area contributed by atoms with Crippen LogP contribution in [0.15, 0.2) is 0 Å². The minimum atomic E-state index is 0.734. The number of rotatable bonds is 4. The largest absolute Gasteiger partial charge is 0.311 e. The maximum absolute atomic E-state index is 3.61. The highest BCUT2D eigenvalue weighted by atomic mass is 15.2. The third-order valence-corrected chi connectivity index (χ3v) is 4.39. The van der Waals surface area contributed by atoms with Gasteiger partial charge < -0.3 is 10.2 Å². The van der Waals surface area contributed by atoms with Crippen LogP contribution in [0.25, 0.3) is 0 Å². The van der Waals surface area contributed by atoms with Crippen LogP contribution in [-0.2, 0) is 0 Å². The highest BCUT2D eigenvalue weighted by Crippen LogP contribution is 2.18. The number of likely N-dealkylation sites (tertiary alicyclic amines) is 1. The zero-order chi connectivity index (χ0) is 12.1. The molecule has 17 heavy (non-hydrogen) atoms. The van der Waals surface area contributed by atoms with Crippen LogP contribution in [0.3, 0.4) is 0 Å². The van der Waals surface area contributed by atoms with Crippen molar-refractivity contribution in [2.75, 3.05) is 39.3 Å². The van der Waals surface area contributed by atoms with E-state index in [-0.39, 0.29) is 0 Å². The maximum Gasteiger partial charge on any atom is 0.0193 e. The number of hydrogen-bond donors (Lipinski definition) is 1. The summed E-state index contributed by atoms with van der Waals surface area (Å²) in [7, 11) is 0. The summed E-state index contributed by atoms with van der Waals surface area (Å²) in [6.07, 6.45) is 5.34. The minimum Gasteiger partial charge on any atom is -0.311 e. The Labute approximate surface area is 107 Å². The summed E-state index contributed by atoms with van der Waals surface area (Å²) >= 11 is 0. The Kier molecular flexibility index (Phi) is 5.26. The molecule has 0 bridgehead atoms. The van der Waals surface area contributed by atoms with Gasteiger partial charge in [-0.15, -0.1) is 0 Å². The number of piperazine rings is 1. The predicted octanol–water partition coefficient (Wildman–Crippen LogP) is 1.54. The van der Waals surface area contributed by atoms with Gasteiger partial charge in [0.15, 0.2) is 0 Å². The molecule has 3 heteroatoms. The van der Waals surface area contributed by atoms with E-state index < -0.39 is 0 Å². The molecule has 2 aliphatic heterocycles. The van der Waals surface area contributed by atoms with Gasteiger partial charge in [0, 0.05) is 31.7 Å². The van der Waals surface area contributed by atoms with Gasteiger partial charge >= 0.3 is 0 Å². The summed E-state index contributed by atoms with van der Waals surface area (Å²) < 4.78 is 0. The van der Waals surface area contributed by atoms with Gasteiger partial charge in [-0.1, -0.05) is 13.8 Å². The second-order valence-electron chi connectivity index (χ2n) is 5.63. The van der Waals surface area contributed by atoms with Crippen LogP contribution in [0.2, 0.25) is 0 Å². The van der Waals surface area contributed by atoms with Gasteiger partial charge in [0.2, 0.25) is 0 Å². The SMILES string of the molecule is CCCN1CCC(N2CCNC(CC)C2)CC1. The summed E-state index contributed by atoms with van der Waals surface area (Å²) in [5.74, 6) is 0. The van der Waals surface area contributed by atoms with Crippen molar-refractivity contribution in [3.63, 3.8) is 0 Å². The first-order chi connectivity index (χ1) is 8.33. The number of piperidine rings is 1. The fourth-order valence-electron chi connectivity index (χ4n) is 3.28. The van der Waals surface area contributed by atoms with E-state index in [2.05, 4.69) is 29.0 Å². The molecule has 2 rings (SSSR count). The smallest absolute Gasteiger partial charge is 0.0193 e. The molecular weight excluding hydrogens is 210 g/mol. The van der Waals surface area contributed by atoms with E-state index in [1.54, 1.807) is 0 Å². The summed E-state index contributed by atoms with van der Waals surface area (Å²) in [5.41, 5.74) is 0. The highest BCUT2D eigenvalue weighted by molar-refractivity contribution is 4.85. The second-order valence-corrected chi connectivity index (χ2v) is 5.63. The van der Waals surface area contributed by atoms with Gasteiger partial charge in [0.1, 0.15) is 0 Å². The number of nitrogens with one attached hydrogen (secondary N) is 1. The average molecular weight is 239 g/mol. The Morgan fingerprint density at radius 1 is 1.12 bits per heavy atom. The molecule has 1 N–H and O–H groups in total. The Morgan fingerprint density at radius 2 is 1.88 bits per heavy atom. The molecule has 3 nitrogen and oxygen atoms in total. The normalized spacial score (nSPS) is 29.6. The van der Waals surface area contributed by atoms with Gasteiger partial charge in [0.25, 0.3) is 0 Å². The van der Waals surface area contributed by atoms with Crippen molar-refractivity contribution in [2.24, 2.45) is 0 Å². The molecule has 0 aromatic carbocycles. The average Bonchev–Trinajstić information content (AvgIpc) is 2.40. The van der Waals surface area contributed by atoms with E-state index in [0.717, 1.165) is 12.1 Å². The Hall–Kier alpha value is -0.120. The summed E-state index contributed by atoms with van der Waals surface area (Å²) in [4.78, 5) is 5.38. The van der Waals surface area contributed by atoms with Crippen LogP contribution < -0.4 is 5.32 Å². The van der Waals surface area contributed by atoms with E-state index in [1.165, 1.54) is 65.0 Å². The predicted molar refractivity (Wildman–Crippen MR) is 73.4 cm³/mol. The van der Waals surface area contributed by atoms with Crippen molar-refractivity contribution in [1.29, 1.82) is 0 Å². The molecule has 0 amide bonds. The van der Waals surface area contributed by atoms with E-state index in [0.29, 0.717) is 0 Å². The third kappa shape index (κ3) is 3.67. The molecular formula is C14H29N3. The van der Waals surface area contributed by atoms with Crippen molar-refractivity contribution >= 4 is 0 Å². The first kappa shape index (κ1) is 13.3. The summed E-state index contributed by atoms with van der Waals surface area (Å²) in [6, 6.07) is 1.59. The van der Waals surface area contributed by atoms with Gasteiger partial charge in [0.05, 0.1) is 0 Å². The van der Waals surface area contributed by atoms with E-state index in [9.17, 15) is 0 Å². The Bertz CT molecular complexity index is 212. The lowest BCUT2D eigenvalue weighted by Gasteiger charge is -2.42. The monoisotopic (exact) mass is 239 g/mol. The van der Waals surface area contributed by atoms with Crippen LogP contribution in [0.1, 0.15) is 39.5 Å². The number of hydrogen-bond acceptors (Lipinski definition) is 3. The lowest BCUT2D eigenvalue weighted by atomic mass is 10.0. The fraction of sp³-hybridized carbons (Fsp3) is 1.00. The van der Waals surface area contributed by atoms with Crippen LogP contribution in [0, 0.1) is 0 Å². The molecule has 0 aromatic rings. The zero-order valence-corrected chi connectivity index (χ0v) is 11.6. The molecule has 0 spiro atoms. The molecule has 0 saturated carbocycles. The molecule has 2 fully saturated rings. The Balaban J connectivity index is 1.76. The van der Waals surface area contributed by atoms with Crippen molar-refractivity contribution in [3.05, 3.63) is 0 Å². The molecule has 2 heterocycles. The van der Waals surface area contributed by atoms with E-state index in [4.69, 9.17) is 0 Å². The first-order valence-electron chi connectivity index (χ1n) is 7.53. The van der Waals surface area contributed by atoms with Crippen molar-refractivity contribution in [1.82, 2.24) is 15.1 Å². The van der Waals surface area contributed by atoms with E-state index in [1.807, 2.05) is 0 Å². The van der Waals surface area contributed by atoms with Gasteiger partial charge in [-0.3, -0.25) is 4.90 Å². The fourth-order valence-corrected chi connectivity index (χ4v) is 3.28. The first-order valence-corrected chi connectivity index (χ1v) is 7.53. The summed E-state index contributed by atoms with van der Waals surface area (Å²) in [6.45, 7) is 12.2.